The molecule has 0 bridgehead atoms. The number of aromatic nitrogens is 2. The molecule has 1 aromatic heterocycles. The number of methoxy groups -OCH3 is 1. The van der Waals surface area contributed by atoms with Crippen LogP contribution in [0.4, 0.5) is 5.69 Å². The lowest BCUT2D eigenvalue weighted by molar-refractivity contribution is -0.123. The number of amides is 2. The van der Waals surface area contributed by atoms with Crippen LogP contribution in [0.2, 0.25) is 0 Å². The number of nitrogens with one attached hydrogen (secondary N) is 1. The van der Waals surface area contributed by atoms with Gasteiger partial charge in [-0.2, -0.15) is 0 Å². The van der Waals surface area contributed by atoms with Crippen LogP contribution in [0.3, 0.4) is 0 Å². The second kappa shape index (κ2) is 7.38. The molecule has 1 unspecified atom stereocenters. The number of carbonyl (C=O) groups is 2. The molecule has 4 rings (SSSR count). The largest absolute Gasteiger partial charge is 0.495 e. The Morgan fingerprint density at radius 3 is 2.79 bits per heavy atom. The minimum atomic E-state index is -0.592. The number of hydrogen-bond donors (Lipinski definition) is 1. The smallest absolute Gasteiger partial charge is 0.280 e. The monoisotopic (exact) mass is 392 g/mol. The highest BCUT2D eigenvalue weighted by molar-refractivity contribution is 6.02. The molecular formula is C21H20N4O4. The lowest BCUT2D eigenvalue weighted by atomic mass is 10.1. The van der Waals surface area contributed by atoms with Gasteiger partial charge in [0.25, 0.3) is 5.56 Å². The predicted octanol–water partition coefficient (Wildman–Crippen LogP) is 1.84. The second-order valence-electron chi connectivity index (χ2n) is 6.99. The number of aryl methyl sites for hydroxylation is 1. The number of para-hydroxylation sites is 1. The van der Waals surface area contributed by atoms with Crippen molar-refractivity contribution < 1.29 is 14.3 Å². The van der Waals surface area contributed by atoms with Crippen molar-refractivity contribution in [2.24, 2.45) is 5.92 Å². The average molecular weight is 392 g/mol. The molecule has 1 saturated heterocycles. The summed E-state index contributed by atoms with van der Waals surface area (Å²) in [7, 11) is 1.54. The van der Waals surface area contributed by atoms with Gasteiger partial charge < -0.3 is 9.64 Å². The Morgan fingerprint density at radius 2 is 2.00 bits per heavy atom. The number of anilines is 1. The van der Waals surface area contributed by atoms with Crippen molar-refractivity contribution in [1.82, 2.24) is 9.66 Å². The Labute approximate surface area is 166 Å². The summed E-state index contributed by atoms with van der Waals surface area (Å²) in [6.07, 6.45) is 1.33. The van der Waals surface area contributed by atoms with Crippen molar-refractivity contribution in [3.8, 4) is 5.75 Å². The highest BCUT2D eigenvalue weighted by atomic mass is 16.5. The number of hydrogen-bond acceptors (Lipinski definition) is 5. The third kappa shape index (κ3) is 3.44. The molecule has 1 aliphatic rings. The summed E-state index contributed by atoms with van der Waals surface area (Å²) in [4.78, 5) is 43.6. The Morgan fingerprint density at radius 1 is 1.21 bits per heavy atom. The van der Waals surface area contributed by atoms with Gasteiger partial charge in [-0.3, -0.25) is 19.8 Å². The molecule has 8 nitrogen and oxygen atoms in total. The topological polar surface area (TPSA) is 93.5 Å². The highest BCUT2D eigenvalue weighted by Crippen LogP contribution is 2.34. The summed E-state index contributed by atoms with van der Waals surface area (Å²) in [5.41, 5.74) is 4.37. The van der Waals surface area contributed by atoms with E-state index in [1.54, 1.807) is 35.2 Å². The fourth-order valence-electron chi connectivity index (χ4n) is 3.49. The summed E-state index contributed by atoms with van der Waals surface area (Å²) in [6.45, 7) is 2.13. The molecule has 1 N–H and O–H groups in total. The molecule has 1 fully saturated rings. The first kappa shape index (κ1) is 18.7. The fraction of sp³-hybridized carbons (Fsp3) is 0.238. The van der Waals surface area contributed by atoms with Crippen LogP contribution < -0.4 is 20.6 Å². The van der Waals surface area contributed by atoms with Crippen LogP contribution in [0.25, 0.3) is 10.9 Å². The quantitative estimate of drug-likeness (QED) is 0.731. The van der Waals surface area contributed by atoms with E-state index in [1.807, 2.05) is 19.1 Å². The van der Waals surface area contributed by atoms with E-state index in [1.165, 1.54) is 13.4 Å². The second-order valence-corrected chi connectivity index (χ2v) is 6.99. The van der Waals surface area contributed by atoms with Gasteiger partial charge in [-0.05, 0) is 36.8 Å². The van der Waals surface area contributed by atoms with Crippen molar-refractivity contribution in [2.45, 2.75) is 13.3 Å². The van der Waals surface area contributed by atoms with Crippen LogP contribution in [0, 0.1) is 12.8 Å². The average Bonchev–Trinajstić information content (AvgIpc) is 3.12. The van der Waals surface area contributed by atoms with Gasteiger partial charge in [-0.25, -0.2) is 9.66 Å². The first-order chi connectivity index (χ1) is 14.0. The van der Waals surface area contributed by atoms with E-state index in [-0.39, 0.29) is 24.4 Å². The fourth-order valence-corrected chi connectivity index (χ4v) is 3.49. The van der Waals surface area contributed by atoms with Crippen molar-refractivity contribution >= 4 is 28.4 Å². The summed E-state index contributed by atoms with van der Waals surface area (Å²) < 4.78 is 6.42. The SMILES string of the molecule is COc1ccc(C)cc1N1CC(C(=O)Nn2cnc3ccccc3c2=O)CC1=O. The van der Waals surface area contributed by atoms with E-state index >= 15 is 0 Å². The maximum absolute atomic E-state index is 12.7. The summed E-state index contributed by atoms with van der Waals surface area (Å²) >= 11 is 0. The van der Waals surface area contributed by atoms with Crippen molar-refractivity contribution in [3.63, 3.8) is 0 Å². The van der Waals surface area contributed by atoms with Crippen molar-refractivity contribution in [1.29, 1.82) is 0 Å². The number of rotatable bonds is 4. The summed E-state index contributed by atoms with van der Waals surface area (Å²) in [6, 6.07) is 12.5. The first-order valence-electron chi connectivity index (χ1n) is 9.20. The first-order valence-corrected chi connectivity index (χ1v) is 9.20. The molecule has 148 valence electrons. The lowest BCUT2D eigenvalue weighted by Gasteiger charge is -2.20. The van der Waals surface area contributed by atoms with E-state index in [0.717, 1.165) is 10.2 Å². The molecule has 1 atom stereocenters. The number of ether oxygens (including phenoxy) is 1. The molecule has 2 aromatic carbocycles. The van der Waals surface area contributed by atoms with Crippen LogP contribution in [-0.2, 0) is 9.59 Å². The van der Waals surface area contributed by atoms with Crippen LogP contribution >= 0.6 is 0 Å². The molecule has 29 heavy (non-hydrogen) atoms. The summed E-state index contributed by atoms with van der Waals surface area (Å²) in [5, 5.41) is 0.406. The molecule has 3 aromatic rings. The van der Waals surface area contributed by atoms with Gasteiger partial charge in [0, 0.05) is 13.0 Å². The van der Waals surface area contributed by atoms with Gasteiger partial charge in [0.2, 0.25) is 11.8 Å². The Balaban J connectivity index is 1.56. The molecule has 2 heterocycles. The third-order valence-corrected chi connectivity index (χ3v) is 5.02. The molecule has 2 amide bonds. The number of benzene rings is 2. The number of nitrogens with zero attached hydrogens (tertiary/aromatic N) is 3. The zero-order valence-corrected chi connectivity index (χ0v) is 16.1. The summed E-state index contributed by atoms with van der Waals surface area (Å²) in [5.74, 6) is -0.601. The minimum absolute atomic E-state index is 0.0543. The van der Waals surface area contributed by atoms with Crippen LogP contribution in [0.15, 0.2) is 53.6 Å². The Bertz CT molecular complexity index is 1170. The lowest BCUT2D eigenvalue weighted by Crippen LogP contribution is -2.37. The van der Waals surface area contributed by atoms with E-state index in [4.69, 9.17) is 4.74 Å². The van der Waals surface area contributed by atoms with Gasteiger partial charge in [0.05, 0.1) is 29.6 Å². The van der Waals surface area contributed by atoms with E-state index in [9.17, 15) is 14.4 Å². The normalized spacial score (nSPS) is 16.3. The van der Waals surface area contributed by atoms with Gasteiger partial charge in [-0.15, -0.1) is 0 Å². The van der Waals surface area contributed by atoms with Gasteiger partial charge in [-0.1, -0.05) is 18.2 Å². The maximum atomic E-state index is 12.7. The van der Waals surface area contributed by atoms with Crippen LogP contribution in [0.1, 0.15) is 12.0 Å². The van der Waals surface area contributed by atoms with Crippen LogP contribution in [0.5, 0.6) is 5.75 Å². The molecule has 0 radical (unpaired) electrons. The van der Waals surface area contributed by atoms with Gasteiger partial charge >= 0.3 is 0 Å². The van der Waals surface area contributed by atoms with Crippen molar-refractivity contribution in [3.05, 3.63) is 64.7 Å². The molecule has 0 spiro atoms. The molecule has 0 saturated carbocycles. The maximum Gasteiger partial charge on any atom is 0.280 e. The Hall–Kier alpha value is -3.68. The van der Waals surface area contributed by atoms with E-state index in [0.29, 0.717) is 22.3 Å². The number of carbonyl (C=O) groups excluding carboxylic acids is 2. The van der Waals surface area contributed by atoms with E-state index < -0.39 is 11.8 Å². The zero-order chi connectivity index (χ0) is 20.5. The molecule has 1 aliphatic heterocycles. The minimum Gasteiger partial charge on any atom is -0.495 e. The Kier molecular flexibility index (Phi) is 4.75. The third-order valence-electron chi connectivity index (χ3n) is 5.02. The van der Waals surface area contributed by atoms with Crippen molar-refractivity contribution in [2.75, 3.05) is 24.0 Å². The molecular weight excluding hydrogens is 372 g/mol. The predicted molar refractivity (Wildman–Crippen MR) is 109 cm³/mol. The van der Waals surface area contributed by atoms with Crippen LogP contribution in [-0.4, -0.2) is 35.1 Å². The molecule has 8 heteroatoms. The van der Waals surface area contributed by atoms with E-state index in [2.05, 4.69) is 10.4 Å². The molecule has 0 aliphatic carbocycles. The van der Waals surface area contributed by atoms with Gasteiger partial charge in [0.1, 0.15) is 12.1 Å². The highest BCUT2D eigenvalue weighted by Gasteiger charge is 2.36. The number of fused-ring (bicyclic) bond motifs is 1. The van der Waals surface area contributed by atoms with Gasteiger partial charge in [0.15, 0.2) is 0 Å². The zero-order valence-electron chi connectivity index (χ0n) is 16.1. The standard InChI is InChI=1S/C21H20N4O4/c1-13-7-8-18(29-2)17(9-13)24-11-14(10-19(24)26)20(27)23-25-12-22-16-6-4-3-5-15(16)21(25)28/h3-9,12,14H,10-11H2,1-2H3,(H,23,27).